The number of rotatable bonds is 8. The van der Waals surface area contributed by atoms with Crippen molar-refractivity contribution >= 4 is 6.03 Å². The van der Waals surface area contributed by atoms with E-state index in [1.165, 1.54) is 11.1 Å². The lowest BCUT2D eigenvalue weighted by molar-refractivity contribution is 0.207. The van der Waals surface area contributed by atoms with E-state index in [4.69, 9.17) is 0 Å². The highest BCUT2D eigenvalue weighted by atomic mass is 16.2. The standard InChI is InChI=1S/C20H25N3O/c24-20-21-12-15-23(20)14-7-13-22(16-18-8-3-1-4-9-18)17-19-10-5-2-6-11-19/h1-6,8-11H,7,12-17H2,(H,21,24). The zero-order valence-electron chi connectivity index (χ0n) is 14.0. The van der Waals surface area contributed by atoms with Crippen LogP contribution in [0, 0.1) is 0 Å². The number of benzene rings is 2. The molecule has 0 saturated carbocycles. The molecule has 0 spiro atoms. The molecule has 3 rings (SSSR count). The van der Waals surface area contributed by atoms with Gasteiger partial charge in [0.1, 0.15) is 0 Å². The fraction of sp³-hybridized carbons (Fsp3) is 0.350. The number of nitrogens with zero attached hydrogens (tertiary/aromatic N) is 2. The average molecular weight is 323 g/mol. The van der Waals surface area contributed by atoms with E-state index in [0.29, 0.717) is 0 Å². The van der Waals surface area contributed by atoms with Crippen molar-refractivity contribution in [2.24, 2.45) is 0 Å². The molecule has 1 saturated heterocycles. The van der Waals surface area contributed by atoms with E-state index in [1.807, 2.05) is 4.90 Å². The summed E-state index contributed by atoms with van der Waals surface area (Å²) in [5.74, 6) is 0. The van der Waals surface area contributed by atoms with E-state index in [9.17, 15) is 4.79 Å². The molecule has 0 bridgehead atoms. The maximum atomic E-state index is 11.6. The Hall–Kier alpha value is -2.33. The van der Waals surface area contributed by atoms with Crippen LogP contribution in [0.2, 0.25) is 0 Å². The van der Waals surface area contributed by atoms with Crippen molar-refractivity contribution in [2.75, 3.05) is 26.2 Å². The highest BCUT2D eigenvalue weighted by Crippen LogP contribution is 2.11. The van der Waals surface area contributed by atoms with Gasteiger partial charge in [-0.2, -0.15) is 0 Å². The third-order valence-corrected chi connectivity index (χ3v) is 4.35. The Morgan fingerprint density at radius 2 is 1.50 bits per heavy atom. The lowest BCUT2D eigenvalue weighted by Gasteiger charge is -2.24. The van der Waals surface area contributed by atoms with Crippen LogP contribution >= 0.6 is 0 Å². The molecule has 126 valence electrons. The topological polar surface area (TPSA) is 35.6 Å². The van der Waals surface area contributed by atoms with Crippen molar-refractivity contribution in [3.63, 3.8) is 0 Å². The molecule has 2 aromatic carbocycles. The lowest BCUT2D eigenvalue weighted by atomic mass is 10.1. The van der Waals surface area contributed by atoms with E-state index >= 15 is 0 Å². The quantitative estimate of drug-likeness (QED) is 0.810. The molecule has 4 heteroatoms. The van der Waals surface area contributed by atoms with Gasteiger partial charge in [0.05, 0.1) is 0 Å². The third-order valence-electron chi connectivity index (χ3n) is 4.35. The summed E-state index contributed by atoms with van der Waals surface area (Å²) in [5.41, 5.74) is 2.65. The monoisotopic (exact) mass is 323 g/mol. The molecule has 1 fully saturated rings. The summed E-state index contributed by atoms with van der Waals surface area (Å²) in [7, 11) is 0. The molecule has 0 aromatic heterocycles. The van der Waals surface area contributed by atoms with Crippen LogP contribution in [-0.4, -0.2) is 42.0 Å². The van der Waals surface area contributed by atoms with Crippen LogP contribution < -0.4 is 5.32 Å². The molecule has 0 radical (unpaired) electrons. The number of hydrogen-bond donors (Lipinski definition) is 1. The summed E-state index contributed by atoms with van der Waals surface area (Å²) >= 11 is 0. The number of carbonyl (C=O) groups is 1. The van der Waals surface area contributed by atoms with Gasteiger partial charge in [-0.1, -0.05) is 60.7 Å². The summed E-state index contributed by atoms with van der Waals surface area (Å²) in [6.07, 6.45) is 0.993. The number of amides is 2. The third kappa shape index (κ3) is 4.83. The Kier molecular flexibility index (Phi) is 5.85. The molecule has 1 aliphatic rings. The predicted molar refractivity (Wildman–Crippen MR) is 96.6 cm³/mol. The van der Waals surface area contributed by atoms with E-state index in [2.05, 4.69) is 70.9 Å². The van der Waals surface area contributed by atoms with Crippen LogP contribution in [0.3, 0.4) is 0 Å². The number of hydrogen-bond acceptors (Lipinski definition) is 2. The summed E-state index contributed by atoms with van der Waals surface area (Å²) in [6.45, 7) is 5.27. The van der Waals surface area contributed by atoms with Gasteiger partial charge in [-0.15, -0.1) is 0 Å². The van der Waals surface area contributed by atoms with Crippen molar-refractivity contribution in [2.45, 2.75) is 19.5 Å². The first-order chi connectivity index (χ1) is 11.8. The molecule has 2 aromatic rings. The van der Waals surface area contributed by atoms with Crippen molar-refractivity contribution in [3.05, 3.63) is 71.8 Å². The normalized spacial score (nSPS) is 14.2. The van der Waals surface area contributed by atoms with Crippen molar-refractivity contribution in [1.82, 2.24) is 15.1 Å². The van der Waals surface area contributed by atoms with E-state index in [-0.39, 0.29) is 6.03 Å². The first kappa shape index (κ1) is 16.5. The van der Waals surface area contributed by atoms with E-state index < -0.39 is 0 Å². The average Bonchev–Trinajstić information content (AvgIpc) is 3.02. The van der Waals surface area contributed by atoms with Gasteiger partial charge in [0.25, 0.3) is 0 Å². The number of carbonyl (C=O) groups excluding carboxylic acids is 1. The van der Waals surface area contributed by atoms with Crippen molar-refractivity contribution in [3.8, 4) is 0 Å². The minimum Gasteiger partial charge on any atom is -0.336 e. The van der Waals surface area contributed by atoms with Gasteiger partial charge in [-0.05, 0) is 17.5 Å². The second-order valence-electron chi connectivity index (χ2n) is 6.25. The van der Waals surface area contributed by atoms with Gasteiger partial charge in [0.2, 0.25) is 0 Å². The van der Waals surface area contributed by atoms with Crippen LogP contribution in [-0.2, 0) is 13.1 Å². The van der Waals surface area contributed by atoms with Crippen LogP contribution in [0.15, 0.2) is 60.7 Å². The summed E-state index contributed by atoms with van der Waals surface area (Å²) < 4.78 is 0. The molecule has 0 atom stereocenters. The molecular formula is C20H25N3O. The lowest BCUT2D eigenvalue weighted by Crippen LogP contribution is -2.32. The highest BCUT2D eigenvalue weighted by molar-refractivity contribution is 5.76. The fourth-order valence-electron chi connectivity index (χ4n) is 3.11. The SMILES string of the molecule is O=C1NCCN1CCCN(Cc1ccccc1)Cc1ccccc1. The number of urea groups is 1. The Morgan fingerprint density at radius 3 is 2.00 bits per heavy atom. The van der Waals surface area contributed by atoms with Crippen LogP contribution in [0.25, 0.3) is 0 Å². The first-order valence-corrected chi connectivity index (χ1v) is 8.64. The van der Waals surface area contributed by atoms with Gasteiger partial charge in [0.15, 0.2) is 0 Å². The van der Waals surface area contributed by atoms with Gasteiger partial charge in [-0.25, -0.2) is 4.79 Å². The van der Waals surface area contributed by atoms with Crippen LogP contribution in [0.4, 0.5) is 4.79 Å². The predicted octanol–water partition coefficient (Wildman–Crippen LogP) is 3.10. The number of nitrogens with one attached hydrogen (secondary N) is 1. The zero-order chi connectivity index (χ0) is 16.6. The van der Waals surface area contributed by atoms with Crippen LogP contribution in [0.1, 0.15) is 17.5 Å². The molecule has 1 N–H and O–H groups in total. The van der Waals surface area contributed by atoms with Gasteiger partial charge in [-0.3, -0.25) is 4.90 Å². The Morgan fingerprint density at radius 1 is 0.917 bits per heavy atom. The molecule has 24 heavy (non-hydrogen) atoms. The highest BCUT2D eigenvalue weighted by Gasteiger charge is 2.18. The molecule has 1 heterocycles. The van der Waals surface area contributed by atoms with Crippen molar-refractivity contribution in [1.29, 1.82) is 0 Å². The molecule has 2 amide bonds. The second kappa shape index (κ2) is 8.50. The largest absolute Gasteiger partial charge is 0.336 e. The summed E-state index contributed by atoms with van der Waals surface area (Å²) in [5, 5.41) is 2.86. The summed E-state index contributed by atoms with van der Waals surface area (Å²) in [6, 6.07) is 21.2. The minimum atomic E-state index is 0.0765. The van der Waals surface area contributed by atoms with Crippen LogP contribution in [0.5, 0.6) is 0 Å². The Labute approximate surface area is 144 Å². The Bertz CT molecular complexity index is 588. The smallest absolute Gasteiger partial charge is 0.317 e. The van der Waals surface area contributed by atoms with E-state index in [0.717, 1.165) is 45.7 Å². The molecule has 0 unspecified atom stereocenters. The van der Waals surface area contributed by atoms with Gasteiger partial charge in [0, 0.05) is 39.3 Å². The fourth-order valence-corrected chi connectivity index (χ4v) is 3.11. The van der Waals surface area contributed by atoms with Crippen molar-refractivity contribution < 1.29 is 4.79 Å². The van der Waals surface area contributed by atoms with Gasteiger partial charge >= 0.3 is 6.03 Å². The molecule has 0 aliphatic carbocycles. The zero-order valence-corrected chi connectivity index (χ0v) is 14.0. The maximum Gasteiger partial charge on any atom is 0.317 e. The molecule has 1 aliphatic heterocycles. The molecule has 4 nitrogen and oxygen atoms in total. The molecular weight excluding hydrogens is 298 g/mol. The first-order valence-electron chi connectivity index (χ1n) is 8.64. The minimum absolute atomic E-state index is 0.0765. The second-order valence-corrected chi connectivity index (χ2v) is 6.25. The van der Waals surface area contributed by atoms with E-state index in [1.54, 1.807) is 0 Å². The Balaban J connectivity index is 1.57. The summed E-state index contributed by atoms with van der Waals surface area (Å²) in [4.78, 5) is 16.0. The van der Waals surface area contributed by atoms with Gasteiger partial charge < -0.3 is 10.2 Å². The maximum absolute atomic E-state index is 11.6.